The maximum atomic E-state index is 14.5. The molecule has 27 heavy (non-hydrogen) atoms. The third-order valence-electron chi connectivity index (χ3n) is 4.86. The highest BCUT2D eigenvalue weighted by molar-refractivity contribution is 6.02. The zero-order chi connectivity index (χ0) is 19.0. The summed E-state index contributed by atoms with van der Waals surface area (Å²) in [7, 11) is 0. The first-order valence-corrected chi connectivity index (χ1v) is 8.67. The van der Waals surface area contributed by atoms with E-state index in [2.05, 4.69) is 15.1 Å². The van der Waals surface area contributed by atoms with Crippen LogP contribution in [-0.2, 0) is 12.8 Å². The van der Waals surface area contributed by atoms with Gasteiger partial charge in [0, 0.05) is 17.5 Å². The van der Waals surface area contributed by atoms with Gasteiger partial charge < -0.3 is 0 Å². The Labute approximate surface area is 155 Å². The summed E-state index contributed by atoms with van der Waals surface area (Å²) >= 11 is 0. The summed E-state index contributed by atoms with van der Waals surface area (Å²) in [5.41, 5.74) is 3.29. The van der Waals surface area contributed by atoms with E-state index in [9.17, 15) is 14.4 Å². The Morgan fingerprint density at radius 2 is 2.19 bits per heavy atom. The van der Waals surface area contributed by atoms with Gasteiger partial charge in [0.05, 0.1) is 11.8 Å². The van der Waals surface area contributed by atoms with E-state index >= 15 is 0 Å². The number of Topliss-reactive ketones (excluding diaryl/α,β-unsaturated/α-hetero) is 1. The highest BCUT2D eigenvalue weighted by Gasteiger charge is 2.33. The van der Waals surface area contributed by atoms with Crippen molar-refractivity contribution in [3.8, 4) is 11.8 Å². The van der Waals surface area contributed by atoms with E-state index < -0.39 is 11.7 Å². The number of aromatic nitrogens is 4. The third-order valence-corrected chi connectivity index (χ3v) is 4.86. The molecular formula is C20H16FN5O. The smallest absolute Gasteiger partial charge is 0.206 e. The number of hydrogen-bond donors (Lipinski definition) is 0. The second kappa shape index (κ2) is 6.72. The van der Waals surface area contributed by atoms with Crippen LogP contribution in [0.1, 0.15) is 45.3 Å². The summed E-state index contributed by atoms with van der Waals surface area (Å²) in [6, 6.07) is 8.39. The molecule has 0 fully saturated rings. The van der Waals surface area contributed by atoms with Crippen molar-refractivity contribution in [2.75, 3.05) is 0 Å². The van der Waals surface area contributed by atoms with E-state index in [1.54, 1.807) is 12.1 Å². The van der Waals surface area contributed by atoms with Crippen LogP contribution in [0, 0.1) is 24.1 Å². The molecule has 0 amide bonds. The lowest BCUT2D eigenvalue weighted by molar-refractivity contribution is 0.0971. The molecule has 1 aromatic carbocycles. The van der Waals surface area contributed by atoms with Gasteiger partial charge in [-0.2, -0.15) is 10.4 Å². The maximum Gasteiger partial charge on any atom is 0.206 e. The van der Waals surface area contributed by atoms with E-state index in [1.807, 2.05) is 19.1 Å². The van der Waals surface area contributed by atoms with Crippen LogP contribution in [0.5, 0.6) is 0 Å². The summed E-state index contributed by atoms with van der Waals surface area (Å²) in [4.78, 5) is 21.0. The minimum absolute atomic E-state index is 0.232. The lowest BCUT2D eigenvalue weighted by Gasteiger charge is -2.10. The summed E-state index contributed by atoms with van der Waals surface area (Å²) in [5.74, 6) is -1.87. The Morgan fingerprint density at radius 3 is 2.89 bits per heavy atom. The fraction of sp³-hybridized carbons (Fsp3) is 0.250. The van der Waals surface area contributed by atoms with Crippen molar-refractivity contribution >= 4 is 5.78 Å². The van der Waals surface area contributed by atoms with Gasteiger partial charge in [-0.15, -0.1) is 0 Å². The molecule has 0 bridgehead atoms. The van der Waals surface area contributed by atoms with Gasteiger partial charge in [0.15, 0.2) is 5.92 Å². The number of rotatable bonds is 4. The molecule has 4 rings (SSSR count). The van der Waals surface area contributed by atoms with Gasteiger partial charge in [-0.25, -0.2) is 19.0 Å². The average Bonchev–Trinajstić information content (AvgIpc) is 3.26. The number of para-hydroxylation sites is 1. The van der Waals surface area contributed by atoms with Gasteiger partial charge in [-0.1, -0.05) is 12.1 Å². The monoisotopic (exact) mass is 361 g/mol. The number of nitrogens with zero attached hydrogens (tertiary/aromatic N) is 5. The van der Waals surface area contributed by atoms with E-state index in [4.69, 9.17) is 0 Å². The van der Waals surface area contributed by atoms with Crippen LogP contribution < -0.4 is 0 Å². The van der Waals surface area contributed by atoms with Crippen molar-refractivity contribution < 1.29 is 9.18 Å². The minimum atomic E-state index is -1.07. The van der Waals surface area contributed by atoms with Gasteiger partial charge in [0.2, 0.25) is 5.78 Å². The molecule has 0 radical (unpaired) electrons. The highest BCUT2D eigenvalue weighted by Crippen LogP contribution is 2.32. The second-order valence-electron chi connectivity index (χ2n) is 6.51. The second-order valence-corrected chi connectivity index (χ2v) is 6.51. The van der Waals surface area contributed by atoms with Crippen molar-refractivity contribution in [3.05, 3.63) is 70.8 Å². The van der Waals surface area contributed by atoms with Crippen LogP contribution in [0.2, 0.25) is 0 Å². The molecular weight excluding hydrogens is 345 g/mol. The fourth-order valence-electron chi connectivity index (χ4n) is 3.58. The Hall–Kier alpha value is -3.40. The largest absolute Gasteiger partial charge is 0.290 e. The predicted octanol–water partition coefficient (Wildman–Crippen LogP) is 3.09. The number of fused-ring (bicyclic) bond motifs is 1. The summed E-state index contributed by atoms with van der Waals surface area (Å²) in [5, 5.41) is 14.0. The fourth-order valence-corrected chi connectivity index (χ4v) is 3.58. The molecule has 0 aliphatic heterocycles. The molecule has 0 spiro atoms. The topological polar surface area (TPSA) is 84.5 Å². The van der Waals surface area contributed by atoms with Crippen molar-refractivity contribution in [1.29, 1.82) is 5.26 Å². The normalized spacial score (nSPS) is 13.8. The summed E-state index contributed by atoms with van der Waals surface area (Å²) in [6.45, 7) is 1.81. The number of hydrogen-bond acceptors (Lipinski definition) is 5. The first-order valence-electron chi connectivity index (χ1n) is 8.67. The molecule has 1 atom stereocenters. The lowest BCUT2D eigenvalue weighted by atomic mass is 9.96. The Balaban J connectivity index is 1.84. The maximum absolute atomic E-state index is 14.5. The third kappa shape index (κ3) is 2.79. The van der Waals surface area contributed by atoms with Gasteiger partial charge in [0.25, 0.3) is 0 Å². The van der Waals surface area contributed by atoms with Crippen LogP contribution in [0.15, 0.2) is 36.8 Å². The zero-order valence-electron chi connectivity index (χ0n) is 14.7. The van der Waals surface area contributed by atoms with Gasteiger partial charge in [-0.05, 0) is 43.9 Å². The number of carbonyl (C=O) groups excluding carboxylic acids is 1. The summed E-state index contributed by atoms with van der Waals surface area (Å²) in [6.07, 6.45) is 5.07. The lowest BCUT2D eigenvalue weighted by Crippen LogP contribution is -2.15. The number of ketones is 1. The van der Waals surface area contributed by atoms with Crippen LogP contribution in [0.25, 0.3) is 5.69 Å². The Morgan fingerprint density at radius 1 is 1.33 bits per heavy atom. The SMILES string of the molecule is Cc1cccc(F)c1-n1nc(C(=O)C(C#N)c2ccncn2)c2c1CCC2. The Kier molecular flexibility index (Phi) is 4.24. The first-order chi connectivity index (χ1) is 13.1. The standard InChI is InChI=1S/C20H16FN5O/c1-12-4-2-6-15(21)19(12)26-17-7-3-5-13(17)18(25-26)20(27)14(10-22)16-8-9-23-11-24-16/h2,4,6,8-9,11,14H,3,5,7H2,1H3. The molecule has 0 N–H and O–H groups in total. The molecule has 2 aromatic heterocycles. The van der Waals surface area contributed by atoms with E-state index in [-0.39, 0.29) is 11.5 Å². The van der Waals surface area contributed by atoms with Crippen LogP contribution >= 0.6 is 0 Å². The summed E-state index contributed by atoms with van der Waals surface area (Å²) < 4.78 is 16.0. The average molecular weight is 361 g/mol. The molecule has 1 aliphatic rings. The van der Waals surface area contributed by atoms with E-state index in [0.717, 1.165) is 23.2 Å². The quantitative estimate of drug-likeness (QED) is 0.667. The molecule has 6 nitrogen and oxygen atoms in total. The van der Waals surface area contributed by atoms with Gasteiger partial charge in [-0.3, -0.25) is 4.79 Å². The molecule has 0 saturated heterocycles. The van der Waals surface area contributed by atoms with Gasteiger partial charge in [0.1, 0.15) is 23.5 Å². The van der Waals surface area contributed by atoms with Crippen LogP contribution in [0.4, 0.5) is 4.39 Å². The Bertz CT molecular complexity index is 1050. The van der Waals surface area contributed by atoms with Gasteiger partial charge >= 0.3 is 0 Å². The number of aryl methyl sites for hydroxylation is 1. The van der Waals surface area contributed by atoms with Crippen molar-refractivity contribution in [3.63, 3.8) is 0 Å². The number of nitriles is 1. The molecule has 134 valence electrons. The van der Waals surface area contributed by atoms with E-state index in [0.29, 0.717) is 24.2 Å². The molecule has 3 aromatic rings. The number of carbonyl (C=O) groups is 1. The van der Waals surface area contributed by atoms with Crippen LogP contribution in [0.3, 0.4) is 0 Å². The van der Waals surface area contributed by atoms with Crippen molar-refractivity contribution in [2.24, 2.45) is 0 Å². The molecule has 7 heteroatoms. The van der Waals surface area contributed by atoms with Crippen molar-refractivity contribution in [2.45, 2.75) is 32.1 Å². The zero-order valence-corrected chi connectivity index (χ0v) is 14.7. The number of halogens is 1. The minimum Gasteiger partial charge on any atom is -0.290 e. The predicted molar refractivity (Wildman–Crippen MR) is 95.0 cm³/mol. The van der Waals surface area contributed by atoms with Crippen molar-refractivity contribution in [1.82, 2.24) is 19.7 Å². The highest BCUT2D eigenvalue weighted by atomic mass is 19.1. The molecule has 2 heterocycles. The number of benzene rings is 1. The molecule has 0 saturated carbocycles. The van der Waals surface area contributed by atoms with E-state index in [1.165, 1.54) is 23.3 Å². The first kappa shape index (κ1) is 17.0. The van der Waals surface area contributed by atoms with Crippen LogP contribution in [-0.4, -0.2) is 25.5 Å². The molecule has 1 aliphatic carbocycles. The molecule has 1 unspecified atom stereocenters.